The maximum Gasteiger partial charge on any atom is 0.208 e. The van der Waals surface area contributed by atoms with Crippen LogP contribution in [0.5, 0.6) is 0 Å². The summed E-state index contributed by atoms with van der Waals surface area (Å²) in [5.74, 6) is 1.38. The van der Waals surface area contributed by atoms with Gasteiger partial charge in [0.05, 0.1) is 19.3 Å². The van der Waals surface area contributed by atoms with E-state index in [9.17, 15) is 5.11 Å². The topological polar surface area (TPSA) is 58.3 Å². The second kappa shape index (κ2) is 7.90. The highest BCUT2D eigenvalue weighted by molar-refractivity contribution is 5.70. The van der Waals surface area contributed by atoms with Gasteiger partial charge in [-0.15, -0.1) is 0 Å². The van der Waals surface area contributed by atoms with Crippen molar-refractivity contribution >= 4 is 0 Å². The predicted molar refractivity (Wildman–Crippen MR) is 95.4 cm³/mol. The van der Waals surface area contributed by atoms with Crippen molar-refractivity contribution < 1.29 is 9.52 Å². The molecule has 1 aromatic heterocycles. The van der Waals surface area contributed by atoms with Crippen LogP contribution in [-0.2, 0) is 6.54 Å². The zero-order valence-corrected chi connectivity index (χ0v) is 13.8. The summed E-state index contributed by atoms with van der Waals surface area (Å²) in [4.78, 5) is 4.32. The Labute approximate surface area is 142 Å². The summed E-state index contributed by atoms with van der Waals surface area (Å²) in [5, 5.41) is 12.4. The second-order valence-corrected chi connectivity index (χ2v) is 5.73. The lowest BCUT2D eigenvalue weighted by atomic mass is 10.0. The maximum atomic E-state index is 9.21. The molecule has 0 fully saturated rings. The molecule has 124 valence electrons. The average Bonchev–Trinajstić information content (AvgIpc) is 3.12. The van der Waals surface area contributed by atoms with Crippen molar-refractivity contribution in [2.45, 2.75) is 25.9 Å². The van der Waals surface area contributed by atoms with Gasteiger partial charge in [-0.25, -0.2) is 4.98 Å². The van der Waals surface area contributed by atoms with E-state index in [1.807, 2.05) is 37.3 Å². The third-order valence-electron chi connectivity index (χ3n) is 4.06. The largest absolute Gasteiger partial charge is 0.439 e. The minimum absolute atomic E-state index is 0.0711. The van der Waals surface area contributed by atoms with Crippen molar-refractivity contribution in [3.05, 3.63) is 66.7 Å². The Bertz CT molecular complexity index is 764. The summed E-state index contributed by atoms with van der Waals surface area (Å²) in [7, 11) is 0. The van der Waals surface area contributed by atoms with Crippen molar-refractivity contribution in [1.29, 1.82) is 0 Å². The molecule has 2 aromatic carbocycles. The van der Waals surface area contributed by atoms with Gasteiger partial charge < -0.3 is 14.8 Å². The van der Waals surface area contributed by atoms with E-state index in [-0.39, 0.29) is 12.6 Å². The van der Waals surface area contributed by atoms with Crippen LogP contribution in [0.15, 0.2) is 65.2 Å². The number of nitrogens with zero attached hydrogens (tertiary/aromatic N) is 1. The van der Waals surface area contributed by atoms with Crippen LogP contribution in [0.4, 0.5) is 0 Å². The molecule has 2 N–H and O–H groups in total. The highest BCUT2D eigenvalue weighted by Crippen LogP contribution is 2.26. The molecule has 1 heterocycles. The third kappa shape index (κ3) is 3.91. The minimum Gasteiger partial charge on any atom is -0.439 e. The Hall–Kier alpha value is -2.43. The molecule has 3 aromatic rings. The Morgan fingerprint density at radius 3 is 2.54 bits per heavy atom. The number of benzene rings is 2. The number of aromatic nitrogens is 1. The monoisotopic (exact) mass is 322 g/mol. The fraction of sp³-hybridized carbons (Fsp3) is 0.250. The van der Waals surface area contributed by atoms with Gasteiger partial charge in [-0.3, -0.25) is 0 Å². The van der Waals surface area contributed by atoms with Crippen LogP contribution in [0.25, 0.3) is 22.5 Å². The first kappa shape index (κ1) is 16.4. The summed E-state index contributed by atoms with van der Waals surface area (Å²) in [6.45, 7) is 2.66. The second-order valence-electron chi connectivity index (χ2n) is 5.73. The summed E-state index contributed by atoms with van der Waals surface area (Å²) >= 11 is 0. The van der Waals surface area contributed by atoms with Crippen molar-refractivity contribution in [1.82, 2.24) is 10.3 Å². The Morgan fingerprint density at radius 2 is 1.79 bits per heavy atom. The molecular weight excluding hydrogens is 300 g/mol. The molecule has 0 aliphatic heterocycles. The van der Waals surface area contributed by atoms with Gasteiger partial charge in [-0.2, -0.15) is 0 Å². The van der Waals surface area contributed by atoms with E-state index in [4.69, 9.17) is 4.42 Å². The quantitative estimate of drug-likeness (QED) is 0.693. The summed E-state index contributed by atoms with van der Waals surface area (Å²) in [6.07, 6.45) is 2.62. The highest BCUT2D eigenvalue weighted by Gasteiger charge is 2.10. The fourth-order valence-electron chi connectivity index (χ4n) is 2.58. The van der Waals surface area contributed by atoms with Crippen LogP contribution >= 0.6 is 0 Å². The molecule has 1 atom stereocenters. The zero-order valence-electron chi connectivity index (χ0n) is 13.8. The lowest BCUT2D eigenvalue weighted by Crippen LogP contribution is -2.31. The van der Waals surface area contributed by atoms with E-state index in [1.54, 1.807) is 6.20 Å². The molecule has 0 saturated carbocycles. The standard InChI is InChI=1S/C20H22N2O2/c1-2-18(14-23)21-13-20-22-12-19(24-20)17-10-6-9-16(11-17)15-7-4-3-5-8-15/h3-12,18,21,23H,2,13-14H2,1H3. The number of oxazole rings is 1. The van der Waals surface area contributed by atoms with Crippen LogP contribution in [0.3, 0.4) is 0 Å². The van der Waals surface area contributed by atoms with Gasteiger partial charge in [-0.05, 0) is 23.6 Å². The fourth-order valence-corrected chi connectivity index (χ4v) is 2.58. The molecule has 0 amide bonds. The van der Waals surface area contributed by atoms with Crippen molar-refractivity contribution in [3.63, 3.8) is 0 Å². The van der Waals surface area contributed by atoms with Gasteiger partial charge in [0.25, 0.3) is 0 Å². The molecule has 1 unspecified atom stereocenters. The van der Waals surface area contributed by atoms with Gasteiger partial charge in [0, 0.05) is 11.6 Å². The lowest BCUT2D eigenvalue weighted by molar-refractivity contribution is 0.235. The zero-order chi connectivity index (χ0) is 16.8. The number of nitrogens with one attached hydrogen (secondary N) is 1. The van der Waals surface area contributed by atoms with E-state index >= 15 is 0 Å². The van der Waals surface area contributed by atoms with Gasteiger partial charge in [-0.1, -0.05) is 55.5 Å². The third-order valence-corrected chi connectivity index (χ3v) is 4.06. The van der Waals surface area contributed by atoms with Gasteiger partial charge in [0.2, 0.25) is 5.89 Å². The Balaban J connectivity index is 1.76. The molecule has 3 rings (SSSR count). The molecular formula is C20H22N2O2. The van der Waals surface area contributed by atoms with Crippen molar-refractivity contribution in [2.75, 3.05) is 6.61 Å². The molecule has 4 nitrogen and oxygen atoms in total. The van der Waals surface area contributed by atoms with Crippen molar-refractivity contribution in [3.8, 4) is 22.5 Å². The summed E-state index contributed by atoms with van der Waals surface area (Å²) < 4.78 is 5.84. The number of hydrogen-bond acceptors (Lipinski definition) is 4. The first-order valence-electron chi connectivity index (χ1n) is 8.25. The molecule has 4 heteroatoms. The van der Waals surface area contributed by atoms with Gasteiger partial charge >= 0.3 is 0 Å². The van der Waals surface area contributed by atoms with Gasteiger partial charge in [0.1, 0.15) is 0 Å². The molecule has 0 bridgehead atoms. The minimum atomic E-state index is 0.0711. The van der Waals surface area contributed by atoms with Crippen LogP contribution in [0, 0.1) is 0 Å². The van der Waals surface area contributed by atoms with Crippen LogP contribution in [-0.4, -0.2) is 22.7 Å². The number of aliphatic hydroxyl groups excluding tert-OH is 1. The van der Waals surface area contributed by atoms with E-state index in [2.05, 4.69) is 34.6 Å². The summed E-state index contributed by atoms with van der Waals surface area (Å²) in [5.41, 5.74) is 3.33. The van der Waals surface area contributed by atoms with Crippen LogP contribution in [0.1, 0.15) is 19.2 Å². The lowest BCUT2D eigenvalue weighted by Gasteiger charge is -2.11. The molecule has 0 spiro atoms. The molecule has 24 heavy (non-hydrogen) atoms. The van der Waals surface area contributed by atoms with Crippen molar-refractivity contribution in [2.24, 2.45) is 0 Å². The van der Waals surface area contributed by atoms with Gasteiger partial charge in [0.15, 0.2) is 5.76 Å². The molecule has 0 aliphatic carbocycles. The van der Waals surface area contributed by atoms with E-state index in [0.717, 1.165) is 23.3 Å². The maximum absolute atomic E-state index is 9.21. The van der Waals surface area contributed by atoms with E-state index in [0.29, 0.717) is 12.4 Å². The average molecular weight is 322 g/mol. The molecule has 0 saturated heterocycles. The van der Waals surface area contributed by atoms with Crippen LogP contribution in [0.2, 0.25) is 0 Å². The number of hydrogen-bond donors (Lipinski definition) is 2. The smallest absolute Gasteiger partial charge is 0.208 e. The highest BCUT2D eigenvalue weighted by atomic mass is 16.4. The Morgan fingerprint density at radius 1 is 1.04 bits per heavy atom. The summed E-state index contributed by atoms with van der Waals surface area (Å²) in [6, 6.07) is 18.6. The predicted octanol–water partition coefficient (Wildman–Crippen LogP) is 3.87. The molecule has 0 aliphatic rings. The first-order valence-corrected chi connectivity index (χ1v) is 8.25. The normalized spacial score (nSPS) is 12.2. The SMILES string of the molecule is CCC(CO)NCc1ncc(-c2cccc(-c3ccccc3)c2)o1. The Kier molecular flexibility index (Phi) is 5.41. The van der Waals surface area contributed by atoms with E-state index in [1.165, 1.54) is 5.56 Å². The first-order chi connectivity index (χ1) is 11.8. The number of rotatable bonds is 7. The molecule has 0 radical (unpaired) electrons. The van der Waals surface area contributed by atoms with Crippen LogP contribution < -0.4 is 5.32 Å². The number of aliphatic hydroxyl groups is 1. The van der Waals surface area contributed by atoms with E-state index < -0.39 is 0 Å².